The van der Waals surface area contributed by atoms with E-state index in [2.05, 4.69) is 11.1 Å². The molecule has 4 rings (SSSR count). The number of aliphatic imine (C=N–C) groups is 1. The average Bonchev–Trinajstić information content (AvgIpc) is 3.20. The number of aryl methyl sites for hydroxylation is 2. The molecule has 1 aliphatic heterocycles. The molecule has 0 radical (unpaired) electrons. The first kappa shape index (κ1) is 19.1. The van der Waals surface area contributed by atoms with Gasteiger partial charge in [-0.3, -0.25) is 14.6 Å². The molecule has 0 unspecified atom stereocenters. The molecule has 0 aromatic heterocycles. The summed E-state index contributed by atoms with van der Waals surface area (Å²) in [6, 6.07) is 15.1. The fourth-order valence-corrected chi connectivity index (χ4v) is 4.16. The molecule has 2 aromatic rings. The average molecular weight is 385 g/mol. The third-order valence-corrected chi connectivity index (χ3v) is 6.07. The molecule has 1 heterocycles. The summed E-state index contributed by atoms with van der Waals surface area (Å²) in [5.74, 6) is -1.34. The predicted octanol–water partition coefficient (Wildman–Crippen LogP) is 4.48. The van der Waals surface area contributed by atoms with Gasteiger partial charge in [-0.15, -0.1) is 0 Å². The van der Waals surface area contributed by atoms with E-state index in [1.165, 1.54) is 4.90 Å². The molecule has 5 nitrogen and oxygen atoms in total. The van der Waals surface area contributed by atoms with Gasteiger partial charge >= 0.3 is 0 Å². The first-order valence-electron chi connectivity index (χ1n) is 9.97. The Morgan fingerprint density at radius 3 is 2.52 bits per heavy atom. The summed E-state index contributed by atoms with van der Waals surface area (Å²) in [6.45, 7) is 3.95. The summed E-state index contributed by atoms with van der Waals surface area (Å²) in [6.07, 6.45) is 4.95. The number of benzene rings is 2. The molecule has 29 heavy (non-hydrogen) atoms. The second-order valence-electron chi connectivity index (χ2n) is 7.94. The van der Waals surface area contributed by atoms with Crippen molar-refractivity contribution in [3.8, 4) is 6.07 Å². The lowest BCUT2D eigenvalue weighted by Crippen LogP contribution is -2.45. The molecule has 2 aromatic carbocycles. The molecule has 2 amide bonds. The number of carbonyl (C=O) groups is 2. The number of nitrogens with zero attached hydrogens (tertiary/aromatic N) is 3. The Hall–Kier alpha value is -3.26. The van der Waals surface area contributed by atoms with E-state index in [0.717, 1.165) is 24.0 Å². The molecule has 0 spiro atoms. The number of amides is 2. The second-order valence-corrected chi connectivity index (χ2v) is 7.94. The minimum Gasteiger partial charge on any atom is -0.275 e. The fraction of sp³-hybridized carbons (Fsp3) is 0.333. The summed E-state index contributed by atoms with van der Waals surface area (Å²) in [5.41, 5.74) is 3.08. The van der Waals surface area contributed by atoms with Crippen LogP contribution in [-0.4, -0.2) is 23.6 Å². The van der Waals surface area contributed by atoms with Crippen molar-refractivity contribution in [3.63, 3.8) is 0 Å². The first-order valence-corrected chi connectivity index (χ1v) is 9.97. The number of hydrogen-bond acceptors (Lipinski definition) is 4. The highest BCUT2D eigenvalue weighted by Crippen LogP contribution is 2.35. The molecular weight excluding hydrogens is 362 g/mol. The Bertz CT molecular complexity index is 1060. The van der Waals surface area contributed by atoms with Gasteiger partial charge in [-0.2, -0.15) is 5.26 Å². The van der Waals surface area contributed by atoms with Crippen molar-refractivity contribution in [2.24, 2.45) is 4.99 Å². The van der Waals surface area contributed by atoms with Crippen molar-refractivity contribution >= 4 is 23.7 Å². The smallest absolute Gasteiger partial charge is 0.265 e. The van der Waals surface area contributed by atoms with Gasteiger partial charge in [0.1, 0.15) is 5.54 Å². The van der Waals surface area contributed by atoms with Crippen LogP contribution < -0.4 is 4.90 Å². The molecule has 146 valence electrons. The van der Waals surface area contributed by atoms with Crippen LogP contribution in [0.4, 0.5) is 5.69 Å². The van der Waals surface area contributed by atoms with Gasteiger partial charge in [0.25, 0.3) is 5.91 Å². The van der Waals surface area contributed by atoms with Gasteiger partial charge in [-0.05, 0) is 74.4 Å². The van der Waals surface area contributed by atoms with E-state index in [9.17, 15) is 14.9 Å². The lowest BCUT2D eigenvalue weighted by Gasteiger charge is -2.31. The van der Waals surface area contributed by atoms with E-state index in [1.807, 2.05) is 32.0 Å². The lowest BCUT2D eigenvalue weighted by molar-refractivity contribution is -0.118. The molecule has 1 fully saturated rings. The van der Waals surface area contributed by atoms with E-state index in [1.54, 1.807) is 30.5 Å². The summed E-state index contributed by atoms with van der Waals surface area (Å²) >= 11 is 0. The third kappa shape index (κ3) is 3.25. The van der Waals surface area contributed by atoms with Crippen LogP contribution in [0.2, 0.25) is 0 Å². The zero-order valence-electron chi connectivity index (χ0n) is 16.7. The number of imide groups is 1. The van der Waals surface area contributed by atoms with E-state index >= 15 is 0 Å². The van der Waals surface area contributed by atoms with Crippen LogP contribution >= 0.6 is 0 Å². The molecule has 0 saturated heterocycles. The zero-order valence-corrected chi connectivity index (χ0v) is 16.7. The van der Waals surface area contributed by atoms with Gasteiger partial charge in [0, 0.05) is 11.8 Å². The van der Waals surface area contributed by atoms with Crippen LogP contribution in [0.1, 0.15) is 58.6 Å². The number of hydrogen-bond donors (Lipinski definition) is 0. The van der Waals surface area contributed by atoms with E-state index in [0.29, 0.717) is 29.7 Å². The maximum Gasteiger partial charge on any atom is 0.265 e. The number of rotatable bonds is 3. The molecule has 0 N–H and O–H groups in total. The molecule has 1 aliphatic carbocycles. The molecular formula is C24H23N3O2. The van der Waals surface area contributed by atoms with Crippen LogP contribution in [0.15, 0.2) is 47.5 Å². The summed E-state index contributed by atoms with van der Waals surface area (Å²) in [7, 11) is 0. The quantitative estimate of drug-likeness (QED) is 0.577. The Morgan fingerprint density at radius 2 is 1.83 bits per heavy atom. The first-order chi connectivity index (χ1) is 14.0. The number of anilines is 1. The van der Waals surface area contributed by atoms with Gasteiger partial charge in [-0.1, -0.05) is 24.3 Å². The summed E-state index contributed by atoms with van der Waals surface area (Å²) in [4.78, 5) is 32.4. The van der Waals surface area contributed by atoms with E-state index in [-0.39, 0.29) is 11.8 Å². The summed E-state index contributed by atoms with van der Waals surface area (Å²) < 4.78 is 0. The third-order valence-electron chi connectivity index (χ3n) is 6.07. The van der Waals surface area contributed by atoms with E-state index in [4.69, 9.17) is 0 Å². The highest BCUT2D eigenvalue weighted by atomic mass is 16.2. The topological polar surface area (TPSA) is 73.5 Å². The number of nitriles is 1. The molecule has 2 aliphatic rings. The molecule has 0 bridgehead atoms. The largest absolute Gasteiger partial charge is 0.275 e. The van der Waals surface area contributed by atoms with Gasteiger partial charge in [0.15, 0.2) is 0 Å². The lowest BCUT2D eigenvalue weighted by atomic mass is 9.88. The van der Waals surface area contributed by atoms with Gasteiger partial charge in [0.2, 0.25) is 5.91 Å². The fourth-order valence-electron chi connectivity index (χ4n) is 4.16. The Morgan fingerprint density at radius 1 is 1.10 bits per heavy atom. The standard InChI is InChI=1S/C24H23N3O2/c1-16-9-10-18(13-17(16)2)27-22(28)20-8-4-3-7-19(20)21(23(27)29)14-26-24(15-25)11-5-6-12-24/h3-4,7-10,13-14,21H,5-6,11-12H2,1-2H3/t21-/m1/s1. The Kier molecular flexibility index (Phi) is 4.79. The van der Waals surface area contributed by atoms with Crippen molar-refractivity contribution in [3.05, 3.63) is 64.7 Å². The Labute approximate surface area is 170 Å². The number of carbonyl (C=O) groups excluding carboxylic acids is 2. The minimum absolute atomic E-state index is 0.325. The van der Waals surface area contributed by atoms with Gasteiger partial charge in [-0.25, -0.2) is 4.90 Å². The van der Waals surface area contributed by atoms with Crippen LogP contribution in [0.3, 0.4) is 0 Å². The predicted molar refractivity (Wildman–Crippen MR) is 112 cm³/mol. The number of fused-ring (bicyclic) bond motifs is 1. The van der Waals surface area contributed by atoms with Crippen molar-refractivity contribution in [1.29, 1.82) is 5.26 Å². The van der Waals surface area contributed by atoms with Crippen LogP contribution in [0.25, 0.3) is 0 Å². The summed E-state index contributed by atoms with van der Waals surface area (Å²) in [5, 5.41) is 9.62. The second kappa shape index (κ2) is 7.29. The highest BCUT2D eigenvalue weighted by molar-refractivity contribution is 6.29. The van der Waals surface area contributed by atoms with Crippen molar-refractivity contribution in [1.82, 2.24) is 0 Å². The Balaban J connectivity index is 1.79. The van der Waals surface area contributed by atoms with Gasteiger partial charge < -0.3 is 0 Å². The minimum atomic E-state index is -0.748. The van der Waals surface area contributed by atoms with E-state index < -0.39 is 11.5 Å². The molecule has 1 atom stereocenters. The normalized spacial score (nSPS) is 20.7. The van der Waals surface area contributed by atoms with Crippen LogP contribution in [0.5, 0.6) is 0 Å². The molecule has 5 heteroatoms. The zero-order chi connectivity index (χ0) is 20.6. The monoisotopic (exact) mass is 385 g/mol. The molecule has 1 saturated carbocycles. The van der Waals surface area contributed by atoms with Gasteiger partial charge in [0.05, 0.1) is 17.7 Å². The van der Waals surface area contributed by atoms with Crippen molar-refractivity contribution < 1.29 is 9.59 Å². The maximum atomic E-state index is 13.4. The highest BCUT2D eigenvalue weighted by Gasteiger charge is 2.40. The van der Waals surface area contributed by atoms with Crippen LogP contribution in [-0.2, 0) is 4.79 Å². The van der Waals surface area contributed by atoms with Crippen molar-refractivity contribution in [2.45, 2.75) is 51.0 Å². The SMILES string of the molecule is Cc1ccc(N2C(=O)c3ccccc3[C@@H](C=NC3(C#N)CCCC3)C2=O)cc1C. The maximum absolute atomic E-state index is 13.4. The van der Waals surface area contributed by atoms with Crippen molar-refractivity contribution in [2.75, 3.05) is 4.90 Å². The van der Waals surface area contributed by atoms with Crippen LogP contribution in [0, 0.1) is 25.2 Å².